The molecule has 2 N–H and O–H groups in total. The summed E-state index contributed by atoms with van der Waals surface area (Å²) in [5, 5.41) is 4.13. The van der Waals surface area contributed by atoms with Gasteiger partial charge in [-0.25, -0.2) is 0 Å². The minimum atomic E-state index is 0.0888. The highest BCUT2D eigenvalue weighted by atomic mass is 16.2. The van der Waals surface area contributed by atoms with E-state index in [0.717, 1.165) is 31.6 Å². The first-order valence-electron chi connectivity index (χ1n) is 6.58. The van der Waals surface area contributed by atoms with Gasteiger partial charge in [0.05, 0.1) is 11.8 Å². The van der Waals surface area contributed by atoms with Crippen LogP contribution in [0.2, 0.25) is 0 Å². The van der Waals surface area contributed by atoms with Crippen molar-refractivity contribution < 1.29 is 4.79 Å². The van der Waals surface area contributed by atoms with E-state index in [2.05, 4.69) is 12.0 Å². The fraction of sp³-hybridized carbons (Fsp3) is 0.692. The third kappa shape index (κ3) is 2.27. The Morgan fingerprint density at radius 1 is 1.61 bits per heavy atom. The summed E-state index contributed by atoms with van der Waals surface area (Å²) >= 11 is 0. The Morgan fingerprint density at radius 2 is 2.33 bits per heavy atom. The monoisotopic (exact) mass is 250 g/mol. The molecular formula is C13H22N4O. The molecule has 0 radical (unpaired) electrons. The molecule has 1 saturated heterocycles. The maximum atomic E-state index is 12.4. The van der Waals surface area contributed by atoms with Gasteiger partial charge in [-0.05, 0) is 19.3 Å². The van der Waals surface area contributed by atoms with Crippen LogP contribution in [-0.4, -0.2) is 39.7 Å². The Morgan fingerprint density at radius 3 is 2.89 bits per heavy atom. The van der Waals surface area contributed by atoms with Crippen LogP contribution in [0, 0.1) is 12.8 Å². The smallest absolute Gasteiger partial charge is 0.257 e. The summed E-state index contributed by atoms with van der Waals surface area (Å²) in [5.74, 6) is 0.505. The number of amides is 1. The fourth-order valence-corrected chi connectivity index (χ4v) is 2.55. The third-order valence-corrected chi connectivity index (χ3v) is 4.07. The summed E-state index contributed by atoms with van der Waals surface area (Å²) in [5.41, 5.74) is 7.70. The summed E-state index contributed by atoms with van der Waals surface area (Å²) < 4.78 is 1.74. The lowest BCUT2D eigenvalue weighted by molar-refractivity contribution is 0.0648. The number of hydrogen-bond acceptors (Lipinski definition) is 3. The van der Waals surface area contributed by atoms with Gasteiger partial charge < -0.3 is 10.6 Å². The van der Waals surface area contributed by atoms with Crippen LogP contribution in [0.5, 0.6) is 0 Å². The molecule has 0 spiro atoms. The zero-order valence-corrected chi connectivity index (χ0v) is 11.4. The van der Waals surface area contributed by atoms with Crippen molar-refractivity contribution in [3.63, 3.8) is 0 Å². The van der Waals surface area contributed by atoms with Gasteiger partial charge in [0.2, 0.25) is 0 Å². The van der Waals surface area contributed by atoms with Gasteiger partial charge >= 0.3 is 0 Å². The average Bonchev–Trinajstić information content (AvgIpc) is 2.70. The summed E-state index contributed by atoms with van der Waals surface area (Å²) in [4.78, 5) is 14.4. The lowest BCUT2D eigenvalue weighted by Gasteiger charge is -2.36. The first-order valence-corrected chi connectivity index (χ1v) is 6.58. The Labute approximate surface area is 108 Å². The van der Waals surface area contributed by atoms with Crippen LogP contribution >= 0.6 is 0 Å². The van der Waals surface area contributed by atoms with E-state index in [4.69, 9.17) is 5.73 Å². The number of rotatable bonds is 2. The minimum absolute atomic E-state index is 0.0888. The molecule has 0 saturated carbocycles. The molecular weight excluding hydrogens is 228 g/mol. The van der Waals surface area contributed by atoms with E-state index >= 15 is 0 Å². The van der Waals surface area contributed by atoms with Crippen LogP contribution in [-0.2, 0) is 7.05 Å². The fourth-order valence-electron chi connectivity index (χ4n) is 2.55. The molecule has 2 unspecified atom stereocenters. The number of hydrogen-bond donors (Lipinski definition) is 1. The molecule has 100 valence electrons. The van der Waals surface area contributed by atoms with Crippen molar-refractivity contribution in [3.05, 3.63) is 17.5 Å². The van der Waals surface area contributed by atoms with E-state index < -0.39 is 0 Å². The third-order valence-electron chi connectivity index (χ3n) is 4.07. The maximum Gasteiger partial charge on any atom is 0.257 e. The number of piperidine rings is 1. The van der Waals surface area contributed by atoms with E-state index in [1.807, 2.05) is 18.9 Å². The Kier molecular flexibility index (Phi) is 3.71. The largest absolute Gasteiger partial charge is 0.338 e. The van der Waals surface area contributed by atoms with Crippen molar-refractivity contribution in [1.82, 2.24) is 14.7 Å². The highest BCUT2D eigenvalue weighted by Crippen LogP contribution is 2.21. The normalized spacial score (nSPS) is 24.3. The molecule has 1 aromatic rings. The zero-order valence-electron chi connectivity index (χ0n) is 11.4. The number of aryl methyl sites for hydroxylation is 1. The van der Waals surface area contributed by atoms with Crippen molar-refractivity contribution in [1.29, 1.82) is 0 Å². The Bertz CT molecular complexity index is 440. The number of nitrogens with zero attached hydrogens (tertiary/aromatic N) is 3. The Balaban J connectivity index is 2.12. The first kappa shape index (κ1) is 13.1. The van der Waals surface area contributed by atoms with E-state index in [1.165, 1.54) is 0 Å². The lowest BCUT2D eigenvalue weighted by Crippen LogP contribution is -2.49. The average molecular weight is 250 g/mol. The van der Waals surface area contributed by atoms with Gasteiger partial charge in [0, 0.05) is 31.9 Å². The van der Waals surface area contributed by atoms with E-state index in [0.29, 0.717) is 11.5 Å². The van der Waals surface area contributed by atoms with Crippen molar-refractivity contribution in [3.8, 4) is 0 Å². The Hall–Kier alpha value is -1.36. The van der Waals surface area contributed by atoms with Gasteiger partial charge in [-0.2, -0.15) is 5.10 Å². The highest BCUT2D eigenvalue weighted by molar-refractivity contribution is 5.95. The van der Waals surface area contributed by atoms with Gasteiger partial charge in [-0.15, -0.1) is 0 Å². The van der Waals surface area contributed by atoms with Crippen molar-refractivity contribution in [2.75, 3.05) is 13.1 Å². The van der Waals surface area contributed by atoms with Crippen LogP contribution in [0.3, 0.4) is 0 Å². The molecule has 1 aliphatic rings. The van der Waals surface area contributed by atoms with Gasteiger partial charge in [0.25, 0.3) is 5.91 Å². The number of carbonyl (C=O) groups excluding carboxylic acids is 1. The molecule has 2 heterocycles. The van der Waals surface area contributed by atoms with Crippen molar-refractivity contribution in [2.24, 2.45) is 18.7 Å². The predicted octanol–water partition coefficient (Wildman–Crippen LogP) is 0.928. The number of likely N-dealkylation sites (tertiary alicyclic amines) is 1. The predicted molar refractivity (Wildman–Crippen MR) is 70.2 cm³/mol. The topological polar surface area (TPSA) is 64.2 Å². The second kappa shape index (κ2) is 5.10. The van der Waals surface area contributed by atoms with Gasteiger partial charge in [0.1, 0.15) is 0 Å². The molecule has 0 aliphatic carbocycles. The van der Waals surface area contributed by atoms with Crippen LogP contribution in [0.15, 0.2) is 6.20 Å². The lowest BCUT2D eigenvalue weighted by atomic mass is 9.90. The summed E-state index contributed by atoms with van der Waals surface area (Å²) in [6.07, 6.45) is 3.58. The molecule has 0 aromatic carbocycles. The van der Waals surface area contributed by atoms with Crippen molar-refractivity contribution in [2.45, 2.75) is 32.7 Å². The molecule has 2 rings (SSSR count). The second-order valence-electron chi connectivity index (χ2n) is 5.14. The molecule has 0 bridgehead atoms. The van der Waals surface area contributed by atoms with Crippen LogP contribution < -0.4 is 5.73 Å². The second-order valence-corrected chi connectivity index (χ2v) is 5.14. The minimum Gasteiger partial charge on any atom is -0.338 e. The molecule has 1 fully saturated rings. The van der Waals surface area contributed by atoms with E-state index in [9.17, 15) is 4.79 Å². The van der Waals surface area contributed by atoms with Crippen LogP contribution in [0.25, 0.3) is 0 Å². The summed E-state index contributed by atoms with van der Waals surface area (Å²) in [7, 11) is 1.85. The van der Waals surface area contributed by atoms with Gasteiger partial charge in [0.15, 0.2) is 0 Å². The van der Waals surface area contributed by atoms with Gasteiger partial charge in [-0.1, -0.05) is 13.3 Å². The zero-order chi connectivity index (χ0) is 13.3. The van der Waals surface area contributed by atoms with Crippen LogP contribution in [0.4, 0.5) is 0 Å². The van der Waals surface area contributed by atoms with E-state index in [-0.39, 0.29) is 11.9 Å². The molecule has 1 aromatic heterocycles. The SMILES string of the molecule is CCC1CN(C(=O)c2cnn(C)c2C)CCC1N. The quantitative estimate of drug-likeness (QED) is 0.849. The van der Waals surface area contributed by atoms with Crippen LogP contribution in [0.1, 0.15) is 35.8 Å². The standard InChI is InChI=1S/C13H22N4O/c1-4-10-8-17(6-5-12(10)14)13(18)11-7-15-16(3)9(11)2/h7,10,12H,4-6,8,14H2,1-3H3. The van der Waals surface area contributed by atoms with Crippen molar-refractivity contribution >= 4 is 5.91 Å². The molecule has 2 atom stereocenters. The molecule has 18 heavy (non-hydrogen) atoms. The first-order chi connectivity index (χ1) is 8.54. The van der Waals surface area contributed by atoms with Gasteiger partial charge in [-0.3, -0.25) is 9.48 Å². The molecule has 1 aliphatic heterocycles. The molecule has 1 amide bonds. The number of carbonyl (C=O) groups is 1. The summed E-state index contributed by atoms with van der Waals surface area (Å²) in [6, 6.07) is 0.231. The number of aromatic nitrogens is 2. The number of nitrogens with two attached hydrogens (primary N) is 1. The summed E-state index contributed by atoms with van der Waals surface area (Å²) in [6.45, 7) is 5.58. The molecule has 5 nitrogen and oxygen atoms in total. The highest BCUT2D eigenvalue weighted by Gasteiger charge is 2.29. The van der Waals surface area contributed by atoms with E-state index in [1.54, 1.807) is 10.9 Å². The molecule has 5 heteroatoms. The maximum absolute atomic E-state index is 12.4.